The molecule has 0 bridgehead atoms. The number of hydrogen-bond donors (Lipinski definition) is 1. The molecule has 2 heteroatoms. The van der Waals surface area contributed by atoms with Crippen LogP contribution in [0.15, 0.2) is 0 Å². The van der Waals surface area contributed by atoms with E-state index in [0.29, 0.717) is 12.0 Å². The fraction of sp³-hybridized carbons (Fsp3) is 1.00. The quantitative estimate of drug-likeness (QED) is 0.668. The molecular formula is C9H22N2. The maximum Gasteiger partial charge on any atom is 0.0139 e. The standard InChI is InChI=1S/C9H22N2/c1-7(2)9(4)11(5)6-8(3)10/h7-9H,6,10H2,1-5H3/t8-,9?/m1/s1. The van der Waals surface area contributed by atoms with Gasteiger partial charge in [0.15, 0.2) is 0 Å². The third-order valence-electron chi connectivity index (χ3n) is 2.24. The van der Waals surface area contributed by atoms with Crippen LogP contribution in [0.3, 0.4) is 0 Å². The predicted molar refractivity (Wildman–Crippen MR) is 50.6 cm³/mol. The third kappa shape index (κ3) is 4.38. The van der Waals surface area contributed by atoms with Crippen molar-refractivity contribution in [3.63, 3.8) is 0 Å². The molecule has 2 nitrogen and oxygen atoms in total. The van der Waals surface area contributed by atoms with Gasteiger partial charge in [-0.2, -0.15) is 0 Å². The van der Waals surface area contributed by atoms with E-state index in [2.05, 4.69) is 32.7 Å². The Hall–Kier alpha value is -0.0800. The Morgan fingerprint density at radius 3 is 1.91 bits per heavy atom. The lowest BCUT2D eigenvalue weighted by Crippen LogP contribution is -2.40. The van der Waals surface area contributed by atoms with Crippen LogP contribution in [-0.2, 0) is 0 Å². The minimum atomic E-state index is 0.279. The van der Waals surface area contributed by atoms with Gasteiger partial charge in [0.05, 0.1) is 0 Å². The first-order chi connectivity index (χ1) is 4.95. The van der Waals surface area contributed by atoms with Crippen molar-refractivity contribution >= 4 is 0 Å². The smallest absolute Gasteiger partial charge is 0.0139 e. The highest BCUT2D eigenvalue weighted by molar-refractivity contribution is 4.69. The topological polar surface area (TPSA) is 29.3 Å². The highest BCUT2D eigenvalue weighted by Crippen LogP contribution is 2.07. The van der Waals surface area contributed by atoms with Gasteiger partial charge >= 0.3 is 0 Å². The van der Waals surface area contributed by atoms with Gasteiger partial charge in [0.25, 0.3) is 0 Å². The Kier molecular flexibility index (Phi) is 4.69. The Labute approximate surface area is 70.8 Å². The molecule has 68 valence electrons. The van der Waals surface area contributed by atoms with E-state index in [4.69, 9.17) is 5.73 Å². The van der Waals surface area contributed by atoms with E-state index in [1.54, 1.807) is 0 Å². The largest absolute Gasteiger partial charge is 0.327 e. The molecule has 0 fully saturated rings. The predicted octanol–water partition coefficient (Wildman–Crippen LogP) is 1.31. The maximum absolute atomic E-state index is 5.69. The van der Waals surface area contributed by atoms with E-state index in [-0.39, 0.29) is 6.04 Å². The first-order valence-corrected chi connectivity index (χ1v) is 4.41. The van der Waals surface area contributed by atoms with Crippen LogP contribution in [0.5, 0.6) is 0 Å². The molecule has 2 N–H and O–H groups in total. The Bertz CT molecular complexity index is 99.7. The molecule has 0 aromatic rings. The van der Waals surface area contributed by atoms with E-state index in [1.807, 2.05) is 6.92 Å². The van der Waals surface area contributed by atoms with Gasteiger partial charge in [-0.15, -0.1) is 0 Å². The number of hydrogen-bond acceptors (Lipinski definition) is 2. The molecule has 0 radical (unpaired) electrons. The average Bonchev–Trinajstić information content (AvgIpc) is 1.84. The van der Waals surface area contributed by atoms with E-state index in [9.17, 15) is 0 Å². The first kappa shape index (κ1) is 10.9. The average molecular weight is 158 g/mol. The van der Waals surface area contributed by atoms with Crippen LogP contribution < -0.4 is 5.73 Å². The summed E-state index contributed by atoms with van der Waals surface area (Å²) in [6.07, 6.45) is 0. The van der Waals surface area contributed by atoms with Gasteiger partial charge in [-0.3, -0.25) is 0 Å². The molecular weight excluding hydrogens is 136 g/mol. The molecule has 0 aromatic heterocycles. The van der Waals surface area contributed by atoms with Crippen molar-refractivity contribution in [1.29, 1.82) is 0 Å². The van der Waals surface area contributed by atoms with Crippen LogP contribution >= 0.6 is 0 Å². The monoisotopic (exact) mass is 158 g/mol. The zero-order valence-electron chi connectivity index (χ0n) is 8.46. The van der Waals surface area contributed by atoms with Crippen molar-refractivity contribution in [3.8, 4) is 0 Å². The number of nitrogens with zero attached hydrogens (tertiary/aromatic N) is 1. The van der Waals surface area contributed by atoms with Gasteiger partial charge in [-0.1, -0.05) is 13.8 Å². The molecule has 0 amide bonds. The van der Waals surface area contributed by atoms with Crippen molar-refractivity contribution in [2.24, 2.45) is 11.7 Å². The second-order valence-electron chi connectivity index (χ2n) is 3.90. The van der Waals surface area contributed by atoms with Crippen LogP contribution in [0.2, 0.25) is 0 Å². The summed E-state index contributed by atoms with van der Waals surface area (Å²) >= 11 is 0. The van der Waals surface area contributed by atoms with Gasteiger partial charge in [-0.05, 0) is 26.8 Å². The van der Waals surface area contributed by atoms with Gasteiger partial charge < -0.3 is 10.6 Å². The van der Waals surface area contributed by atoms with Gasteiger partial charge in [-0.25, -0.2) is 0 Å². The molecule has 0 heterocycles. The van der Waals surface area contributed by atoms with Crippen LogP contribution in [0.1, 0.15) is 27.7 Å². The number of rotatable bonds is 4. The van der Waals surface area contributed by atoms with Crippen LogP contribution in [-0.4, -0.2) is 30.6 Å². The normalized spacial score (nSPS) is 17.5. The van der Waals surface area contributed by atoms with Crippen molar-refractivity contribution < 1.29 is 0 Å². The summed E-state index contributed by atoms with van der Waals surface area (Å²) in [5, 5.41) is 0. The molecule has 0 aromatic carbocycles. The van der Waals surface area contributed by atoms with Gasteiger partial charge in [0.1, 0.15) is 0 Å². The van der Waals surface area contributed by atoms with Crippen LogP contribution in [0.25, 0.3) is 0 Å². The second kappa shape index (κ2) is 4.73. The molecule has 11 heavy (non-hydrogen) atoms. The maximum atomic E-state index is 5.69. The summed E-state index contributed by atoms with van der Waals surface area (Å²) in [5.74, 6) is 0.707. The molecule has 0 aliphatic heterocycles. The molecule has 1 unspecified atom stereocenters. The lowest BCUT2D eigenvalue weighted by Gasteiger charge is -2.28. The molecule has 0 aliphatic rings. The SMILES string of the molecule is CC(C)C(C)N(C)C[C@@H](C)N. The van der Waals surface area contributed by atoms with Crippen molar-refractivity contribution in [3.05, 3.63) is 0 Å². The van der Waals surface area contributed by atoms with Gasteiger partial charge in [0, 0.05) is 18.6 Å². The van der Waals surface area contributed by atoms with E-state index < -0.39 is 0 Å². The van der Waals surface area contributed by atoms with E-state index >= 15 is 0 Å². The summed E-state index contributed by atoms with van der Waals surface area (Å²) < 4.78 is 0. The molecule has 0 rings (SSSR count). The van der Waals surface area contributed by atoms with Crippen LogP contribution in [0, 0.1) is 5.92 Å². The molecule has 0 spiro atoms. The molecule has 2 atom stereocenters. The first-order valence-electron chi connectivity index (χ1n) is 4.41. The van der Waals surface area contributed by atoms with Crippen LogP contribution in [0.4, 0.5) is 0 Å². The highest BCUT2D eigenvalue weighted by Gasteiger charge is 2.13. The fourth-order valence-electron chi connectivity index (χ4n) is 1.13. The minimum absolute atomic E-state index is 0.279. The minimum Gasteiger partial charge on any atom is -0.327 e. The lowest BCUT2D eigenvalue weighted by molar-refractivity contribution is 0.200. The van der Waals surface area contributed by atoms with Crippen molar-refractivity contribution in [2.45, 2.75) is 39.8 Å². The van der Waals surface area contributed by atoms with E-state index in [0.717, 1.165) is 6.54 Å². The second-order valence-corrected chi connectivity index (χ2v) is 3.90. The zero-order chi connectivity index (χ0) is 9.02. The van der Waals surface area contributed by atoms with E-state index in [1.165, 1.54) is 0 Å². The zero-order valence-corrected chi connectivity index (χ0v) is 8.46. The summed E-state index contributed by atoms with van der Waals surface area (Å²) in [6, 6.07) is 0.905. The third-order valence-corrected chi connectivity index (χ3v) is 2.24. The molecule has 0 aliphatic carbocycles. The summed E-state index contributed by atoms with van der Waals surface area (Å²) in [7, 11) is 2.13. The fourth-order valence-corrected chi connectivity index (χ4v) is 1.13. The number of nitrogens with two attached hydrogens (primary N) is 1. The van der Waals surface area contributed by atoms with Crippen molar-refractivity contribution in [2.75, 3.05) is 13.6 Å². The lowest BCUT2D eigenvalue weighted by atomic mass is 10.1. The Morgan fingerprint density at radius 2 is 1.64 bits per heavy atom. The Morgan fingerprint density at radius 1 is 1.18 bits per heavy atom. The van der Waals surface area contributed by atoms with Crippen molar-refractivity contribution in [1.82, 2.24) is 4.90 Å². The Balaban J connectivity index is 3.73. The number of likely N-dealkylation sites (N-methyl/N-ethyl adjacent to an activating group) is 1. The highest BCUT2D eigenvalue weighted by atomic mass is 15.1. The summed E-state index contributed by atoms with van der Waals surface area (Å²) in [6.45, 7) is 9.75. The summed E-state index contributed by atoms with van der Waals surface area (Å²) in [5.41, 5.74) is 5.69. The summed E-state index contributed by atoms with van der Waals surface area (Å²) in [4.78, 5) is 2.31. The molecule has 0 saturated heterocycles. The van der Waals surface area contributed by atoms with Gasteiger partial charge in [0.2, 0.25) is 0 Å². The molecule has 0 saturated carbocycles.